The molecule has 5 heteroatoms. The van der Waals surface area contributed by atoms with Crippen LogP contribution in [0.4, 0.5) is 5.69 Å². The van der Waals surface area contributed by atoms with Crippen molar-refractivity contribution in [3.8, 4) is 22.4 Å². The third-order valence-electron chi connectivity index (χ3n) is 4.61. The minimum Gasteiger partial charge on any atom is -0.550 e. The second-order valence-corrected chi connectivity index (χ2v) is 7.40. The summed E-state index contributed by atoms with van der Waals surface area (Å²) in [7, 11) is 0. The van der Waals surface area contributed by atoms with Crippen molar-refractivity contribution in [2.24, 2.45) is 4.99 Å². The van der Waals surface area contributed by atoms with Crippen LogP contribution in [0.2, 0.25) is 0 Å². The van der Waals surface area contributed by atoms with Crippen LogP contribution < -0.4 is 9.91 Å². The Hall–Kier alpha value is -3.44. The largest absolute Gasteiger partial charge is 0.550 e. The third-order valence-corrected chi connectivity index (χ3v) is 5.47. The summed E-state index contributed by atoms with van der Waals surface area (Å²) in [5.74, 6) is -1.07. The predicted molar refractivity (Wildman–Crippen MR) is 114 cm³/mol. The third kappa shape index (κ3) is 4.52. The van der Waals surface area contributed by atoms with Crippen LogP contribution in [0.25, 0.3) is 22.4 Å². The van der Waals surface area contributed by atoms with Crippen molar-refractivity contribution < 1.29 is 9.90 Å². The Bertz CT molecular complexity index is 1160. The molecule has 0 aliphatic heterocycles. The molecule has 0 N–H and O–H groups in total. The van der Waals surface area contributed by atoms with E-state index in [1.54, 1.807) is 0 Å². The molecule has 144 valence electrons. The first kappa shape index (κ1) is 18.9. The Balaban J connectivity index is 1.73. The molecule has 0 atom stereocenters. The summed E-state index contributed by atoms with van der Waals surface area (Å²) in [5.41, 5.74) is 5.11. The van der Waals surface area contributed by atoms with Gasteiger partial charge in [0, 0.05) is 24.3 Å². The Morgan fingerprint density at radius 2 is 1.41 bits per heavy atom. The highest BCUT2D eigenvalue weighted by Crippen LogP contribution is 2.25. The van der Waals surface area contributed by atoms with Crippen LogP contribution in [0.3, 0.4) is 0 Å². The van der Waals surface area contributed by atoms with Gasteiger partial charge in [-0.2, -0.15) is 0 Å². The van der Waals surface area contributed by atoms with Crippen LogP contribution in [0.5, 0.6) is 0 Å². The average molecular weight is 399 g/mol. The molecule has 0 amide bonds. The number of rotatable bonds is 6. The second kappa shape index (κ2) is 8.71. The number of hydrogen-bond donors (Lipinski definition) is 0. The maximum absolute atomic E-state index is 11.1. The van der Waals surface area contributed by atoms with E-state index in [-0.39, 0.29) is 6.42 Å². The summed E-state index contributed by atoms with van der Waals surface area (Å²) in [5, 5.41) is 13.1. The van der Waals surface area contributed by atoms with Crippen molar-refractivity contribution in [1.29, 1.82) is 0 Å². The lowest BCUT2D eigenvalue weighted by Crippen LogP contribution is -2.26. The van der Waals surface area contributed by atoms with Gasteiger partial charge in [-0.3, -0.25) is 0 Å². The van der Waals surface area contributed by atoms with Crippen molar-refractivity contribution in [3.05, 3.63) is 95.1 Å². The quantitative estimate of drug-likeness (QED) is 0.487. The molecule has 0 fully saturated rings. The zero-order valence-electron chi connectivity index (χ0n) is 15.7. The van der Waals surface area contributed by atoms with Gasteiger partial charge in [0.2, 0.25) is 0 Å². The first-order valence-corrected chi connectivity index (χ1v) is 10.2. The van der Waals surface area contributed by atoms with Gasteiger partial charge in [-0.05, 0) is 28.8 Å². The average Bonchev–Trinajstić information content (AvgIpc) is 3.16. The van der Waals surface area contributed by atoms with Crippen molar-refractivity contribution in [2.45, 2.75) is 13.0 Å². The second-order valence-electron chi connectivity index (χ2n) is 6.57. The highest BCUT2D eigenvalue weighted by Gasteiger charge is 2.09. The number of carbonyl (C=O) groups excluding carboxylic acids is 1. The van der Waals surface area contributed by atoms with Gasteiger partial charge in [0.15, 0.2) is 4.80 Å². The van der Waals surface area contributed by atoms with Gasteiger partial charge in [-0.15, -0.1) is 11.3 Å². The number of thiazole rings is 1. The van der Waals surface area contributed by atoms with Crippen molar-refractivity contribution in [2.75, 3.05) is 0 Å². The fraction of sp³-hybridized carbons (Fsp3) is 0.0833. The molecule has 0 bridgehead atoms. The minimum absolute atomic E-state index is 0.0617. The summed E-state index contributed by atoms with van der Waals surface area (Å²) < 4.78 is 1.95. The molecule has 0 unspecified atom stereocenters. The molecular formula is C24H19N2O2S-. The number of carboxylic acid groups (broad SMARTS) is 1. The number of hydrogen-bond acceptors (Lipinski definition) is 4. The maximum atomic E-state index is 11.1. The number of carbonyl (C=O) groups is 1. The summed E-state index contributed by atoms with van der Waals surface area (Å²) in [6, 6.07) is 28.2. The number of nitrogens with zero attached hydrogens (tertiary/aromatic N) is 2. The van der Waals surface area contributed by atoms with Gasteiger partial charge >= 0.3 is 0 Å². The van der Waals surface area contributed by atoms with E-state index in [0.29, 0.717) is 6.54 Å². The fourth-order valence-electron chi connectivity index (χ4n) is 3.15. The van der Waals surface area contributed by atoms with Crippen molar-refractivity contribution in [1.82, 2.24) is 4.57 Å². The Morgan fingerprint density at radius 3 is 2.07 bits per heavy atom. The van der Waals surface area contributed by atoms with E-state index in [1.165, 1.54) is 11.3 Å². The predicted octanol–water partition coefficient (Wildman–Crippen LogP) is 4.26. The lowest BCUT2D eigenvalue weighted by Gasteiger charge is -2.10. The number of aromatic nitrogens is 1. The van der Waals surface area contributed by atoms with E-state index in [4.69, 9.17) is 4.99 Å². The fourth-order valence-corrected chi connectivity index (χ4v) is 4.10. The molecule has 0 spiro atoms. The van der Waals surface area contributed by atoms with Crippen LogP contribution in [-0.2, 0) is 11.3 Å². The maximum Gasteiger partial charge on any atom is 0.190 e. The summed E-state index contributed by atoms with van der Waals surface area (Å²) >= 11 is 1.50. The monoisotopic (exact) mass is 399 g/mol. The topological polar surface area (TPSA) is 57.4 Å². The molecule has 3 aromatic carbocycles. The van der Waals surface area contributed by atoms with Crippen LogP contribution in [0.15, 0.2) is 95.3 Å². The molecule has 29 heavy (non-hydrogen) atoms. The molecule has 0 aliphatic carbocycles. The minimum atomic E-state index is -1.07. The summed E-state index contributed by atoms with van der Waals surface area (Å²) in [6.07, 6.45) is -0.0617. The molecule has 0 aliphatic rings. The van der Waals surface area contributed by atoms with E-state index < -0.39 is 5.97 Å². The van der Waals surface area contributed by atoms with E-state index >= 15 is 0 Å². The van der Waals surface area contributed by atoms with Gasteiger partial charge in [0.25, 0.3) is 0 Å². The van der Waals surface area contributed by atoms with E-state index in [1.807, 2.05) is 58.5 Å². The normalized spacial score (nSPS) is 11.5. The molecule has 4 rings (SSSR count). The lowest BCUT2D eigenvalue weighted by molar-refractivity contribution is -0.305. The number of para-hydroxylation sites is 1. The van der Waals surface area contributed by atoms with Crippen LogP contribution in [-0.4, -0.2) is 10.5 Å². The Morgan fingerprint density at radius 1 is 0.828 bits per heavy atom. The zero-order valence-corrected chi connectivity index (χ0v) is 16.5. The summed E-state index contributed by atoms with van der Waals surface area (Å²) in [4.78, 5) is 16.5. The van der Waals surface area contributed by atoms with E-state index in [0.717, 1.165) is 32.9 Å². The Labute approximate surface area is 173 Å². The molecule has 0 saturated carbocycles. The van der Waals surface area contributed by atoms with Gasteiger partial charge < -0.3 is 14.5 Å². The lowest BCUT2D eigenvalue weighted by atomic mass is 10.0. The van der Waals surface area contributed by atoms with Gasteiger partial charge in [-0.1, -0.05) is 72.8 Å². The van der Waals surface area contributed by atoms with Crippen LogP contribution in [0, 0.1) is 0 Å². The van der Waals surface area contributed by atoms with Gasteiger partial charge in [0.1, 0.15) is 0 Å². The number of aliphatic carboxylic acids is 1. The smallest absolute Gasteiger partial charge is 0.190 e. The van der Waals surface area contributed by atoms with Gasteiger partial charge in [-0.25, -0.2) is 4.99 Å². The Kier molecular flexibility index (Phi) is 5.68. The number of carboxylic acids is 1. The molecule has 0 saturated heterocycles. The molecular weight excluding hydrogens is 380 g/mol. The molecule has 4 aromatic rings. The molecule has 1 aromatic heterocycles. The summed E-state index contributed by atoms with van der Waals surface area (Å²) in [6.45, 7) is 0.313. The van der Waals surface area contributed by atoms with Crippen LogP contribution >= 0.6 is 11.3 Å². The van der Waals surface area contributed by atoms with E-state index in [9.17, 15) is 9.90 Å². The molecule has 4 nitrogen and oxygen atoms in total. The molecule has 0 radical (unpaired) electrons. The zero-order chi connectivity index (χ0) is 20.1. The van der Waals surface area contributed by atoms with Crippen LogP contribution in [0.1, 0.15) is 6.42 Å². The van der Waals surface area contributed by atoms with E-state index in [2.05, 4.69) is 36.4 Å². The first-order valence-electron chi connectivity index (χ1n) is 9.34. The molecule has 1 heterocycles. The van der Waals surface area contributed by atoms with Gasteiger partial charge in [0.05, 0.1) is 11.4 Å². The highest BCUT2D eigenvalue weighted by atomic mass is 32.1. The highest BCUT2D eigenvalue weighted by molar-refractivity contribution is 7.07. The standard InChI is InChI=1S/C24H20N2O2S/c27-23(28)15-16-26-22(17-29-24(26)25-21-9-5-2-6-10-21)20-13-11-19(12-14-20)18-7-3-1-4-8-18/h1-14,17H,15-16H2,(H,27,28)/p-1. The van der Waals surface area contributed by atoms with Crippen molar-refractivity contribution in [3.63, 3.8) is 0 Å². The van der Waals surface area contributed by atoms with Crippen molar-refractivity contribution >= 4 is 23.0 Å². The SMILES string of the molecule is O=C([O-])CCn1c(-c2ccc(-c3ccccc3)cc2)csc1=Nc1ccccc1. The number of benzene rings is 3. The first-order chi connectivity index (χ1) is 14.2.